The molecule has 0 amide bonds. The van der Waals surface area contributed by atoms with E-state index in [1.54, 1.807) is 0 Å². The van der Waals surface area contributed by atoms with Gasteiger partial charge in [0.1, 0.15) is 11.6 Å². The highest BCUT2D eigenvalue weighted by Crippen LogP contribution is 2.26. The zero-order valence-corrected chi connectivity index (χ0v) is 12.6. The van der Waals surface area contributed by atoms with Crippen LogP contribution in [0.2, 0.25) is 0 Å². The van der Waals surface area contributed by atoms with E-state index >= 15 is 0 Å². The highest BCUT2D eigenvalue weighted by atomic mass is 79.9. The van der Waals surface area contributed by atoms with Crippen LogP contribution < -0.4 is 5.32 Å². The first kappa shape index (κ1) is 14.9. The summed E-state index contributed by atoms with van der Waals surface area (Å²) in [6, 6.07) is 3.40. The molecule has 2 nitrogen and oxygen atoms in total. The zero-order chi connectivity index (χ0) is 13.8. The van der Waals surface area contributed by atoms with E-state index in [9.17, 15) is 8.78 Å². The van der Waals surface area contributed by atoms with Gasteiger partial charge in [-0.2, -0.15) is 0 Å². The van der Waals surface area contributed by atoms with Crippen LogP contribution in [0.3, 0.4) is 0 Å². The van der Waals surface area contributed by atoms with Gasteiger partial charge >= 0.3 is 0 Å². The van der Waals surface area contributed by atoms with Gasteiger partial charge in [0.15, 0.2) is 0 Å². The molecular weight excluding hydrogens is 314 g/mol. The zero-order valence-electron chi connectivity index (χ0n) is 11.1. The maximum atomic E-state index is 13.7. The molecule has 0 atom stereocenters. The molecule has 0 aromatic heterocycles. The Balaban J connectivity index is 1.80. The maximum Gasteiger partial charge on any atom is 0.144 e. The van der Waals surface area contributed by atoms with Gasteiger partial charge < -0.3 is 5.32 Å². The summed E-state index contributed by atoms with van der Waals surface area (Å²) in [6.07, 6.45) is 2.56. The van der Waals surface area contributed by atoms with E-state index in [-0.39, 0.29) is 12.1 Å². The van der Waals surface area contributed by atoms with Gasteiger partial charge in [0, 0.05) is 31.2 Å². The van der Waals surface area contributed by atoms with Crippen LogP contribution in [0.15, 0.2) is 16.6 Å². The molecule has 0 aliphatic heterocycles. The van der Waals surface area contributed by atoms with Crippen molar-refractivity contribution in [2.45, 2.75) is 32.4 Å². The molecule has 0 unspecified atom stereocenters. The SMILES string of the molecule is CCN(CCNCc1c(F)ccc(Br)c1F)C1CC1. The van der Waals surface area contributed by atoms with Gasteiger partial charge in [-0.05, 0) is 47.4 Å². The molecule has 0 bridgehead atoms. The average molecular weight is 333 g/mol. The molecule has 1 saturated carbocycles. The van der Waals surface area contributed by atoms with Crippen LogP contribution in [0.4, 0.5) is 8.78 Å². The third-order valence-electron chi connectivity index (χ3n) is 3.49. The predicted molar refractivity (Wildman–Crippen MR) is 76.0 cm³/mol. The van der Waals surface area contributed by atoms with E-state index in [0.29, 0.717) is 4.47 Å². The minimum atomic E-state index is -0.512. The van der Waals surface area contributed by atoms with Gasteiger partial charge in [0.25, 0.3) is 0 Å². The van der Waals surface area contributed by atoms with Crippen LogP contribution in [0.25, 0.3) is 0 Å². The van der Waals surface area contributed by atoms with Crippen molar-refractivity contribution < 1.29 is 8.78 Å². The number of benzene rings is 1. The van der Waals surface area contributed by atoms with Crippen LogP contribution in [0, 0.1) is 11.6 Å². The molecule has 2 rings (SSSR count). The van der Waals surface area contributed by atoms with Crippen molar-refractivity contribution in [3.63, 3.8) is 0 Å². The van der Waals surface area contributed by atoms with Crippen molar-refractivity contribution in [1.29, 1.82) is 0 Å². The standard InChI is InChI=1S/C14H19BrF2N2/c1-2-19(10-3-4-10)8-7-18-9-11-13(16)6-5-12(15)14(11)17/h5-6,10,18H,2-4,7-9H2,1H3. The van der Waals surface area contributed by atoms with Gasteiger partial charge in [0.05, 0.1) is 4.47 Å². The van der Waals surface area contributed by atoms with Gasteiger partial charge in [-0.1, -0.05) is 6.92 Å². The van der Waals surface area contributed by atoms with Crippen LogP contribution >= 0.6 is 15.9 Å². The van der Waals surface area contributed by atoms with Gasteiger partial charge in [-0.15, -0.1) is 0 Å². The van der Waals surface area contributed by atoms with E-state index in [0.717, 1.165) is 25.7 Å². The summed E-state index contributed by atoms with van der Waals surface area (Å²) in [5.41, 5.74) is 0.101. The predicted octanol–water partition coefficient (Wildman–Crippen LogP) is 3.30. The van der Waals surface area contributed by atoms with Crippen molar-refractivity contribution in [2.75, 3.05) is 19.6 Å². The van der Waals surface area contributed by atoms with Crippen molar-refractivity contribution in [2.24, 2.45) is 0 Å². The molecule has 1 aliphatic rings. The number of hydrogen-bond donors (Lipinski definition) is 1. The molecule has 0 saturated heterocycles. The summed E-state index contributed by atoms with van der Waals surface area (Å²) in [4.78, 5) is 2.40. The molecular formula is C14H19BrF2N2. The lowest BCUT2D eigenvalue weighted by Gasteiger charge is -2.19. The molecule has 5 heteroatoms. The van der Waals surface area contributed by atoms with E-state index < -0.39 is 11.6 Å². The number of rotatable bonds is 7. The van der Waals surface area contributed by atoms with Crippen molar-refractivity contribution >= 4 is 15.9 Å². The van der Waals surface area contributed by atoms with Crippen molar-refractivity contribution in [3.8, 4) is 0 Å². The lowest BCUT2D eigenvalue weighted by molar-refractivity contribution is 0.276. The summed E-state index contributed by atoms with van der Waals surface area (Å²) in [5.74, 6) is -1.01. The first-order valence-electron chi connectivity index (χ1n) is 6.70. The Morgan fingerprint density at radius 3 is 2.74 bits per heavy atom. The molecule has 1 fully saturated rings. The van der Waals surface area contributed by atoms with Gasteiger partial charge in [0.2, 0.25) is 0 Å². The second kappa shape index (κ2) is 6.77. The fourth-order valence-corrected chi connectivity index (χ4v) is 2.58. The molecule has 1 aliphatic carbocycles. The number of nitrogens with zero attached hydrogens (tertiary/aromatic N) is 1. The van der Waals surface area contributed by atoms with Crippen LogP contribution in [0.5, 0.6) is 0 Å². The first-order chi connectivity index (χ1) is 9.13. The van der Waals surface area contributed by atoms with E-state index in [1.165, 1.54) is 25.0 Å². The third-order valence-corrected chi connectivity index (χ3v) is 4.10. The number of halogens is 3. The second-order valence-electron chi connectivity index (χ2n) is 4.86. The second-order valence-corrected chi connectivity index (χ2v) is 5.71. The van der Waals surface area contributed by atoms with Gasteiger partial charge in [-0.25, -0.2) is 8.78 Å². The fourth-order valence-electron chi connectivity index (χ4n) is 2.21. The quantitative estimate of drug-likeness (QED) is 0.608. The Hall–Kier alpha value is -0.520. The highest BCUT2D eigenvalue weighted by molar-refractivity contribution is 9.10. The maximum absolute atomic E-state index is 13.7. The monoisotopic (exact) mass is 332 g/mol. The lowest BCUT2D eigenvalue weighted by Crippen LogP contribution is -2.33. The fraction of sp³-hybridized carbons (Fsp3) is 0.571. The minimum absolute atomic E-state index is 0.101. The molecule has 1 aromatic rings. The van der Waals surface area contributed by atoms with Crippen LogP contribution in [-0.4, -0.2) is 30.6 Å². The molecule has 106 valence electrons. The Kier molecular flexibility index (Phi) is 5.30. The Morgan fingerprint density at radius 2 is 2.11 bits per heavy atom. The van der Waals surface area contributed by atoms with E-state index in [2.05, 4.69) is 33.1 Å². The first-order valence-corrected chi connectivity index (χ1v) is 7.50. The largest absolute Gasteiger partial charge is 0.311 e. The van der Waals surface area contributed by atoms with Crippen molar-refractivity contribution in [1.82, 2.24) is 10.2 Å². The molecule has 1 N–H and O–H groups in total. The Labute approximate surface area is 121 Å². The van der Waals surface area contributed by atoms with Crippen LogP contribution in [0.1, 0.15) is 25.3 Å². The summed E-state index contributed by atoms with van der Waals surface area (Å²) >= 11 is 3.07. The number of nitrogens with one attached hydrogen (secondary N) is 1. The highest BCUT2D eigenvalue weighted by Gasteiger charge is 2.27. The molecule has 19 heavy (non-hydrogen) atoms. The smallest absolute Gasteiger partial charge is 0.144 e. The Bertz CT molecular complexity index is 436. The molecule has 0 radical (unpaired) electrons. The van der Waals surface area contributed by atoms with Crippen LogP contribution in [-0.2, 0) is 6.54 Å². The van der Waals surface area contributed by atoms with E-state index in [4.69, 9.17) is 0 Å². The number of likely N-dealkylation sites (N-methyl/N-ethyl adjacent to an activating group) is 1. The van der Waals surface area contributed by atoms with Crippen molar-refractivity contribution in [3.05, 3.63) is 33.8 Å². The lowest BCUT2D eigenvalue weighted by atomic mass is 10.2. The van der Waals surface area contributed by atoms with Gasteiger partial charge in [-0.3, -0.25) is 4.90 Å². The molecule has 0 spiro atoms. The summed E-state index contributed by atoms with van der Waals surface area (Å²) in [6.45, 7) is 5.07. The third kappa shape index (κ3) is 3.97. The average Bonchev–Trinajstić information content (AvgIpc) is 3.22. The van der Waals surface area contributed by atoms with E-state index in [1.807, 2.05) is 0 Å². The topological polar surface area (TPSA) is 15.3 Å². The summed E-state index contributed by atoms with van der Waals surface area (Å²) in [5, 5.41) is 3.12. The Morgan fingerprint density at radius 1 is 1.37 bits per heavy atom. The summed E-state index contributed by atoms with van der Waals surface area (Å²) in [7, 11) is 0. The minimum Gasteiger partial charge on any atom is -0.311 e. The molecule has 1 aromatic carbocycles. The number of hydrogen-bond acceptors (Lipinski definition) is 2. The molecule has 0 heterocycles. The summed E-state index contributed by atoms with van der Waals surface area (Å²) < 4.78 is 27.5. The normalized spacial score (nSPS) is 15.2.